The topological polar surface area (TPSA) is 12.0 Å². The van der Waals surface area contributed by atoms with Crippen molar-refractivity contribution in [3.05, 3.63) is 22.4 Å². The first-order valence-electron chi connectivity index (χ1n) is 6.10. The van der Waals surface area contributed by atoms with E-state index >= 15 is 0 Å². The normalized spacial score (nSPS) is 19.5. The number of hydrogen-bond acceptors (Lipinski definition) is 2. The van der Waals surface area contributed by atoms with Gasteiger partial charge in [-0.3, -0.25) is 0 Å². The van der Waals surface area contributed by atoms with Crippen LogP contribution in [0.2, 0.25) is 0 Å². The SMILES string of the molecule is CC(CNC1CCCC1)Cc1cccs1. The van der Waals surface area contributed by atoms with E-state index in [9.17, 15) is 0 Å². The Morgan fingerprint density at radius 2 is 2.27 bits per heavy atom. The van der Waals surface area contributed by atoms with Crippen molar-refractivity contribution >= 4 is 11.3 Å². The lowest BCUT2D eigenvalue weighted by atomic mass is 10.1. The van der Waals surface area contributed by atoms with Gasteiger partial charge in [0, 0.05) is 10.9 Å². The second-order valence-electron chi connectivity index (χ2n) is 4.78. The summed E-state index contributed by atoms with van der Waals surface area (Å²) in [5.74, 6) is 0.768. The van der Waals surface area contributed by atoms with Crippen LogP contribution < -0.4 is 5.32 Å². The van der Waals surface area contributed by atoms with E-state index < -0.39 is 0 Å². The van der Waals surface area contributed by atoms with Crippen molar-refractivity contribution in [3.8, 4) is 0 Å². The molecule has 1 atom stereocenters. The van der Waals surface area contributed by atoms with E-state index in [1.165, 1.54) is 43.5 Å². The molecule has 1 N–H and O–H groups in total. The lowest BCUT2D eigenvalue weighted by Gasteiger charge is -2.16. The molecule has 1 heterocycles. The fraction of sp³-hybridized carbons (Fsp3) is 0.692. The molecule has 1 aromatic heterocycles. The summed E-state index contributed by atoms with van der Waals surface area (Å²) in [7, 11) is 0. The Balaban J connectivity index is 1.66. The average molecular weight is 223 g/mol. The van der Waals surface area contributed by atoms with Crippen LogP contribution in [-0.2, 0) is 6.42 Å². The highest BCUT2D eigenvalue weighted by Crippen LogP contribution is 2.18. The smallest absolute Gasteiger partial charge is 0.00671 e. The van der Waals surface area contributed by atoms with Crippen LogP contribution in [0.4, 0.5) is 0 Å². The zero-order chi connectivity index (χ0) is 10.5. The van der Waals surface area contributed by atoms with Crippen molar-refractivity contribution in [2.24, 2.45) is 5.92 Å². The predicted molar refractivity (Wildman–Crippen MR) is 67.4 cm³/mol. The van der Waals surface area contributed by atoms with E-state index in [1.54, 1.807) is 0 Å². The van der Waals surface area contributed by atoms with E-state index in [-0.39, 0.29) is 0 Å². The Kier molecular flexibility index (Phi) is 4.21. The van der Waals surface area contributed by atoms with E-state index in [0.29, 0.717) is 0 Å². The Morgan fingerprint density at radius 3 is 2.93 bits per heavy atom. The summed E-state index contributed by atoms with van der Waals surface area (Å²) in [5, 5.41) is 5.87. The highest BCUT2D eigenvalue weighted by molar-refractivity contribution is 7.09. The Morgan fingerprint density at radius 1 is 1.47 bits per heavy atom. The zero-order valence-electron chi connectivity index (χ0n) is 9.54. The van der Waals surface area contributed by atoms with Gasteiger partial charge in [-0.05, 0) is 43.2 Å². The molecule has 1 fully saturated rings. The number of hydrogen-bond donors (Lipinski definition) is 1. The molecular formula is C13H21NS. The minimum Gasteiger partial charge on any atom is -0.314 e. The molecule has 0 saturated heterocycles. The molecular weight excluding hydrogens is 202 g/mol. The largest absolute Gasteiger partial charge is 0.314 e. The summed E-state index contributed by atoms with van der Waals surface area (Å²) in [6.45, 7) is 3.53. The third kappa shape index (κ3) is 3.62. The number of thiophene rings is 1. The molecule has 0 radical (unpaired) electrons. The number of nitrogens with one attached hydrogen (secondary N) is 1. The summed E-state index contributed by atoms with van der Waals surface area (Å²) < 4.78 is 0. The third-order valence-corrected chi connectivity index (χ3v) is 4.14. The summed E-state index contributed by atoms with van der Waals surface area (Å²) >= 11 is 1.88. The van der Waals surface area contributed by atoms with Gasteiger partial charge in [-0.25, -0.2) is 0 Å². The molecule has 1 aliphatic rings. The maximum atomic E-state index is 3.70. The standard InChI is InChI=1S/C13H21NS/c1-11(9-13-7-4-8-15-13)10-14-12-5-2-3-6-12/h4,7-8,11-12,14H,2-3,5-6,9-10H2,1H3. The highest BCUT2D eigenvalue weighted by Gasteiger charge is 2.15. The minimum atomic E-state index is 0.768. The van der Waals surface area contributed by atoms with Crippen LogP contribution >= 0.6 is 11.3 Å². The summed E-state index contributed by atoms with van der Waals surface area (Å²) in [5.41, 5.74) is 0. The van der Waals surface area contributed by atoms with Gasteiger partial charge in [0.05, 0.1) is 0 Å². The van der Waals surface area contributed by atoms with E-state index in [1.807, 2.05) is 11.3 Å². The molecule has 2 rings (SSSR count). The first kappa shape index (κ1) is 11.2. The van der Waals surface area contributed by atoms with Crippen LogP contribution in [0, 0.1) is 5.92 Å². The van der Waals surface area contributed by atoms with Crippen molar-refractivity contribution in [3.63, 3.8) is 0 Å². The van der Waals surface area contributed by atoms with Crippen molar-refractivity contribution in [1.82, 2.24) is 5.32 Å². The molecule has 1 unspecified atom stereocenters. The Bertz CT molecular complexity index is 262. The number of rotatable bonds is 5. The van der Waals surface area contributed by atoms with Gasteiger partial charge in [0.15, 0.2) is 0 Å². The van der Waals surface area contributed by atoms with Crippen LogP contribution in [0.15, 0.2) is 17.5 Å². The van der Waals surface area contributed by atoms with Crippen molar-refractivity contribution in [1.29, 1.82) is 0 Å². The first-order valence-corrected chi connectivity index (χ1v) is 6.98. The van der Waals surface area contributed by atoms with Gasteiger partial charge in [0.1, 0.15) is 0 Å². The first-order chi connectivity index (χ1) is 7.34. The fourth-order valence-electron chi connectivity index (χ4n) is 2.34. The maximum absolute atomic E-state index is 3.70. The fourth-order valence-corrected chi connectivity index (χ4v) is 3.21. The molecule has 0 aliphatic heterocycles. The van der Waals surface area contributed by atoms with Crippen molar-refractivity contribution < 1.29 is 0 Å². The third-order valence-electron chi connectivity index (χ3n) is 3.24. The lowest BCUT2D eigenvalue weighted by Crippen LogP contribution is -2.30. The molecule has 15 heavy (non-hydrogen) atoms. The van der Waals surface area contributed by atoms with Gasteiger partial charge in [0.2, 0.25) is 0 Å². The molecule has 2 heteroatoms. The minimum absolute atomic E-state index is 0.768. The van der Waals surface area contributed by atoms with Gasteiger partial charge >= 0.3 is 0 Å². The van der Waals surface area contributed by atoms with E-state index in [2.05, 4.69) is 29.8 Å². The molecule has 0 aromatic carbocycles. The zero-order valence-corrected chi connectivity index (χ0v) is 10.4. The predicted octanol–water partition coefficient (Wildman–Crippen LogP) is 3.46. The maximum Gasteiger partial charge on any atom is 0.00671 e. The quantitative estimate of drug-likeness (QED) is 0.806. The second kappa shape index (κ2) is 5.66. The van der Waals surface area contributed by atoms with Crippen molar-refractivity contribution in [2.45, 2.75) is 45.1 Å². The monoisotopic (exact) mass is 223 g/mol. The van der Waals surface area contributed by atoms with E-state index in [4.69, 9.17) is 0 Å². The molecule has 1 aromatic rings. The molecule has 1 aliphatic carbocycles. The summed E-state index contributed by atoms with van der Waals surface area (Å²) in [6, 6.07) is 5.21. The molecule has 1 nitrogen and oxygen atoms in total. The molecule has 0 bridgehead atoms. The van der Waals surface area contributed by atoms with E-state index in [0.717, 1.165) is 12.0 Å². The van der Waals surface area contributed by atoms with Gasteiger partial charge in [-0.1, -0.05) is 25.8 Å². The molecule has 1 saturated carbocycles. The van der Waals surface area contributed by atoms with Crippen LogP contribution in [0.3, 0.4) is 0 Å². The van der Waals surface area contributed by atoms with Gasteiger partial charge in [-0.2, -0.15) is 0 Å². The molecule has 0 spiro atoms. The van der Waals surface area contributed by atoms with Gasteiger partial charge < -0.3 is 5.32 Å². The Hall–Kier alpha value is -0.340. The molecule has 0 amide bonds. The summed E-state index contributed by atoms with van der Waals surface area (Å²) in [4.78, 5) is 1.52. The lowest BCUT2D eigenvalue weighted by molar-refractivity contribution is 0.449. The van der Waals surface area contributed by atoms with Gasteiger partial charge in [-0.15, -0.1) is 11.3 Å². The van der Waals surface area contributed by atoms with Crippen molar-refractivity contribution in [2.75, 3.05) is 6.54 Å². The Labute approximate surface area is 96.9 Å². The van der Waals surface area contributed by atoms with Gasteiger partial charge in [0.25, 0.3) is 0 Å². The highest BCUT2D eigenvalue weighted by atomic mass is 32.1. The average Bonchev–Trinajstić information content (AvgIpc) is 2.86. The van der Waals surface area contributed by atoms with Crippen LogP contribution in [-0.4, -0.2) is 12.6 Å². The van der Waals surface area contributed by atoms with Crippen LogP contribution in [0.25, 0.3) is 0 Å². The van der Waals surface area contributed by atoms with Crippen LogP contribution in [0.5, 0.6) is 0 Å². The second-order valence-corrected chi connectivity index (χ2v) is 5.81. The summed E-state index contributed by atoms with van der Waals surface area (Å²) in [6.07, 6.45) is 6.88. The van der Waals surface area contributed by atoms with Crippen LogP contribution in [0.1, 0.15) is 37.5 Å². The molecule has 84 valence electrons.